The molecule has 5 aromatic carbocycles. The highest BCUT2D eigenvalue weighted by molar-refractivity contribution is 6.25. The number of aromatic amines is 1. The number of benzene rings is 5. The number of rotatable bonds is 8. The van der Waals surface area contributed by atoms with Crippen molar-refractivity contribution in [2.75, 3.05) is 18.8 Å². The molecule has 0 saturated heterocycles. The second-order valence-electron chi connectivity index (χ2n) is 9.88. The first kappa shape index (κ1) is 25.8. The van der Waals surface area contributed by atoms with Crippen LogP contribution < -0.4 is 11.1 Å². The number of nitrogen functional groups attached to an aromatic ring is 1. The maximum absolute atomic E-state index is 12.5. The van der Waals surface area contributed by atoms with Gasteiger partial charge in [-0.15, -0.1) is 0 Å². The summed E-state index contributed by atoms with van der Waals surface area (Å²) in [7, 11) is 0. The van der Waals surface area contributed by atoms with Crippen molar-refractivity contribution in [3.05, 3.63) is 138 Å². The summed E-state index contributed by atoms with van der Waals surface area (Å²) in [6.07, 6.45) is 5.18. The minimum absolute atomic E-state index is 0.174. The van der Waals surface area contributed by atoms with E-state index in [4.69, 9.17) is 10.7 Å². The van der Waals surface area contributed by atoms with Crippen LogP contribution in [0.25, 0.3) is 44.6 Å². The van der Waals surface area contributed by atoms with E-state index < -0.39 is 0 Å². The molecule has 0 aliphatic carbocycles. The average molecular weight is 535 g/mol. The van der Waals surface area contributed by atoms with Crippen LogP contribution in [0.1, 0.15) is 22.4 Å². The first-order valence-corrected chi connectivity index (χ1v) is 13.6. The fourth-order valence-electron chi connectivity index (χ4n) is 5.30. The van der Waals surface area contributed by atoms with Crippen LogP contribution in [0.4, 0.5) is 5.69 Å². The number of fused-ring (bicyclic) bond motifs is 4. The number of carbonyl (C=O) groups is 1. The molecule has 0 atom stereocenters. The Morgan fingerprint density at radius 1 is 0.854 bits per heavy atom. The molecule has 5 nitrogen and oxygen atoms in total. The van der Waals surface area contributed by atoms with E-state index in [9.17, 15) is 4.79 Å². The van der Waals surface area contributed by atoms with Crippen molar-refractivity contribution in [1.29, 1.82) is 0 Å². The number of aromatic nitrogens is 1. The Morgan fingerprint density at radius 3 is 2.32 bits per heavy atom. The lowest BCUT2D eigenvalue weighted by atomic mass is 9.92. The molecular formula is C36H30N4O. The summed E-state index contributed by atoms with van der Waals surface area (Å²) in [5.41, 5.74) is 12.2. The maximum Gasteiger partial charge on any atom is 0.244 e. The zero-order valence-electron chi connectivity index (χ0n) is 22.6. The SMILES string of the molecule is C=Cc1c(/C(=N\CCNC(=O)/C=C/c2ccc(N)cc2)c2cc3ccccc3c3ccccc23)[nH]c2ccccc12. The van der Waals surface area contributed by atoms with Crippen LogP contribution >= 0.6 is 0 Å². The van der Waals surface area contributed by atoms with E-state index in [2.05, 4.69) is 83.6 Å². The second kappa shape index (κ2) is 11.4. The van der Waals surface area contributed by atoms with Gasteiger partial charge in [-0.05, 0) is 57.4 Å². The Morgan fingerprint density at radius 2 is 1.54 bits per heavy atom. The number of nitrogens with two attached hydrogens (primary N) is 1. The molecule has 1 amide bonds. The number of hydrogen-bond acceptors (Lipinski definition) is 3. The quantitative estimate of drug-likeness (QED) is 0.0626. The number of nitrogens with zero attached hydrogens (tertiary/aromatic N) is 1. The van der Waals surface area contributed by atoms with Crippen LogP contribution in [-0.4, -0.2) is 29.7 Å². The van der Waals surface area contributed by atoms with Gasteiger partial charge in [-0.25, -0.2) is 0 Å². The third kappa shape index (κ3) is 5.25. The van der Waals surface area contributed by atoms with E-state index in [0.29, 0.717) is 18.8 Å². The lowest BCUT2D eigenvalue weighted by Gasteiger charge is -2.14. The van der Waals surface area contributed by atoms with Crippen LogP contribution in [-0.2, 0) is 4.79 Å². The largest absolute Gasteiger partial charge is 0.399 e. The van der Waals surface area contributed by atoms with E-state index in [1.165, 1.54) is 16.8 Å². The fraction of sp³-hybridized carbons (Fsp3) is 0.0556. The molecule has 0 bridgehead atoms. The molecule has 0 radical (unpaired) electrons. The lowest BCUT2D eigenvalue weighted by Crippen LogP contribution is -2.24. The van der Waals surface area contributed by atoms with Crippen molar-refractivity contribution < 1.29 is 4.79 Å². The highest BCUT2D eigenvalue weighted by Gasteiger charge is 2.19. The predicted octanol–water partition coefficient (Wildman–Crippen LogP) is 7.37. The minimum Gasteiger partial charge on any atom is -0.399 e. The highest BCUT2D eigenvalue weighted by atomic mass is 16.1. The van der Waals surface area contributed by atoms with Crippen molar-refractivity contribution >= 4 is 61.9 Å². The molecule has 0 saturated carbocycles. The number of amides is 1. The number of carbonyl (C=O) groups excluding carboxylic acids is 1. The molecule has 0 spiro atoms. The molecule has 1 aromatic heterocycles. The van der Waals surface area contributed by atoms with Crippen LogP contribution in [0.5, 0.6) is 0 Å². The fourth-order valence-corrected chi connectivity index (χ4v) is 5.30. The summed E-state index contributed by atoms with van der Waals surface area (Å²) in [6.45, 7) is 4.92. The molecule has 200 valence electrons. The third-order valence-corrected chi connectivity index (χ3v) is 7.25. The first-order chi connectivity index (χ1) is 20.1. The normalized spacial score (nSPS) is 12.0. The standard InChI is InChI=1S/C36H30N4O/c1-2-27-31-13-7-8-14-33(31)40-36(27)35(39-22-21-38-34(41)20-17-24-15-18-26(37)19-16-24)32-23-25-9-3-4-10-28(25)29-11-5-6-12-30(29)32/h2-20,23,40H,1,21-22,37H2,(H,38,41)/b20-17+,39-35-. The van der Waals surface area contributed by atoms with Crippen molar-refractivity contribution in [3.8, 4) is 0 Å². The zero-order valence-corrected chi connectivity index (χ0v) is 22.6. The molecule has 6 aromatic rings. The van der Waals surface area contributed by atoms with Gasteiger partial charge >= 0.3 is 0 Å². The van der Waals surface area contributed by atoms with Crippen LogP contribution in [0.2, 0.25) is 0 Å². The number of hydrogen-bond donors (Lipinski definition) is 3. The van der Waals surface area contributed by atoms with Gasteiger partial charge in [0, 0.05) is 40.3 Å². The van der Waals surface area contributed by atoms with E-state index in [1.807, 2.05) is 42.5 Å². The van der Waals surface area contributed by atoms with E-state index in [1.54, 1.807) is 6.08 Å². The van der Waals surface area contributed by atoms with E-state index in [-0.39, 0.29) is 5.91 Å². The van der Waals surface area contributed by atoms with E-state index in [0.717, 1.165) is 49.8 Å². The predicted molar refractivity (Wildman–Crippen MR) is 173 cm³/mol. The molecule has 4 N–H and O–H groups in total. The molecule has 41 heavy (non-hydrogen) atoms. The summed E-state index contributed by atoms with van der Waals surface area (Å²) >= 11 is 0. The Bertz CT molecular complexity index is 1960. The zero-order chi connectivity index (χ0) is 28.2. The molecule has 5 heteroatoms. The van der Waals surface area contributed by atoms with Gasteiger partial charge in [-0.3, -0.25) is 9.79 Å². The minimum atomic E-state index is -0.174. The van der Waals surface area contributed by atoms with Crippen molar-refractivity contribution in [3.63, 3.8) is 0 Å². The summed E-state index contributed by atoms with van der Waals surface area (Å²) < 4.78 is 0. The van der Waals surface area contributed by atoms with Crippen LogP contribution in [0, 0.1) is 0 Å². The van der Waals surface area contributed by atoms with Gasteiger partial charge in [-0.1, -0.05) is 91.5 Å². The Labute approximate surface area is 238 Å². The number of anilines is 1. The molecule has 6 rings (SSSR count). The number of nitrogens with one attached hydrogen (secondary N) is 2. The number of H-pyrrole nitrogens is 1. The Kier molecular flexibility index (Phi) is 7.16. The van der Waals surface area contributed by atoms with Gasteiger partial charge in [0.1, 0.15) is 0 Å². The lowest BCUT2D eigenvalue weighted by molar-refractivity contribution is -0.116. The van der Waals surface area contributed by atoms with Crippen molar-refractivity contribution in [2.24, 2.45) is 4.99 Å². The van der Waals surface area contributed by atoms with Gasteiger partial charge in [0.05, 0.1) is 18.0 Å². The topological polar surface area (TPSA) is 83.3 Å². The number of para-hydroxylation sites is 1. The second-order valence-corrected chi connectivity index (χ2v) is 9.88. The summed E-state index contributed by atoms with van der Waals surface area (Å²) in [6, 6.07) is 34.7. The average Bonchev–Trinajstić information content (AvgIpc) is 3.39. The van der Waals surface area contributed by atoms with Gasteiger partial charge in [0.15, 0.2) is 0 Å². The van der Waals surface area contributed by atoms with Crippen molar-refractivity contribution in [1.82, 2.24) is 10.3 Å². The van der Waals surface area contributed by atoms with Crippen molar-refractivity contribution in [2.45, 2.75) is 0 Å². The molecule has 0 aliphatic heterocycles. The molecule has 0 aliphatic rings. The first-order valence-electron chi connectivity index (χ1n) is 13.6. The highest BCUT2D eigenvalue weighted by Crippen LogP contribution is 2.32. The van der Waals surface area contributed by atoms with Gasteiger partial charge in [0.25, 0.3) is 0 Å². The molecule has 0 fully saturated rings. The molecule has 1 heterocycles. The molecular weight excluding hydrogens is 504 g/mol. The molecule has 0 unspecified atom stereocenters. The maximum atomic E-state index is 12.5. The Hall–Kier alpha value is -5.42. The van der Waals surface area contributed by atoms with Gasteiger partial charge in [0.2, 0.25) is 5.91 Å². The summed E-state index contributed by atoms with van der Waals surface area (Å²) in [5.74, 6) is -0.174. The third-order valence-electron chi connectivity index (χ3n) is 7.25. The summed E-state index contributed by atoms with van der Waals surface area (Å²) in [4.78, 5) is 21.2. The van der Waals surface area contributed by atoms with E-state index >= 15 is 0 Å². The number of aliphatic imine (C=N–C) groups is 1. The smallest absolute Gasteiger partial charge is 0.244 e. The Balaban J connectivity index is 1.38. The van der Waals surface area contributed by atoms with Crippen LogP contribution in [0.15, 0.2) is 121 Å². The van der Waals surface area contributed by atoms with Gasteiger partial charge < -0.3 is 16.0 Å². The monoisotopic (exact) mass is 534 g/mol. The van der Waals surface area contributed by atoms with Crippen LogP contribution in [0.3, 0.4) is 0 Å². The van der Waals surface area contributed by atoms with Gasteiger partial charge in [-0.2, -0.15) is 0 Å². The summed E-state index contributed by atoms with van der Waals surface area (Å²) in [5, 5.41) is 8.69.